The molecule has 2 N–H and O–H groups in total. The van der Waals surface area contributed by atoms with Gasteiger partial charge in [0.05, 0.1) is 11.6 Å². The topological polar surface area (TPSA) is 41.5 Å². The molecular formula is C27H26F7NO2. The lowest BCUT2D eigenvalue weighted by atomic mass is 9.87. The molecule has 200 valence electrons. The highest BCUT2D eigenvalue weighted by Gasteiger charge is 2.38. The van der Waals surface area contributed by atoms with Crippen LogP contribution in [0.15, 0.2) is 66.7 Å². The molecule has 37 heavy (non-hydrogen) atoms. The van der Waals surface area contributed by atoms with Crippen LogP contribution in [0.3, 0.4) is 0 Å². The van der Waals surface area contributed by atoms with Crippen molar-refractivity contribution in [1.29, 1.82) is 0 Å². The summed E-state index contributed by atoms with van der Waals surface area (Å²) in [7, 11) is 0. The molecule has 0 bridgehead atoms. The lowest BCUT2D eigenvalue weighted by Crippen LogP contribution is -2.40. The number of hydrogen-bond acceptors (Lipinski definition) is 3. The van der Waals surface area contributed by atoms with Gasteiger partial charge in [0.15, 0.2) is 6.10 Å². The van der Waals surface area contributed by atoms with Gasteiger partial charge in [-0.05, 0) is 52.9 Å². The molecule has 0 aliphatic rings. The molecule has 0 spiro atoms. The van der Waals surface area contributed by atoms with Crippen molar-refractivity contribution in [1.82, 2.24) is 5.32 Å². The van der Waals surface area contributed by atoms with Crippen LogP contribution in [-0.4, -0.2) is 23.9 Å². The van der Waals surface area contributed by atoms with E-state index in [1.54, 1.807) is 18.2 Å². The molecule has 0 saturated heterocycles. The van der Waals surface area contributed by atoms with Crippen LogP contribution >= 0.6 is 0 Å². The van der Waals surface area contributed by atoms with E-state index in [4.69, 9.17) is 4.74 Å². The molecule has 3 rings (SSSR count). The minimum atomic E-state index is -4.95. The second-order valence-electron chi connectivity index (χ2n) is 9.59. The quantitative estimate of drug-likeness (QED) is 0.311. The largest absolute Gasteiger partial charge is 0.457 e. The summed E-state index contributed by atoms with van der Waals surface area (Å²) in [5, 5.41) is 11.9. The van der Waals surface area contributed by atoms with E-state index in [2.05, 4.69) is 5.32 Å². The smallest absolute Gasteiger partial charge is 0.416 e. The van der Waals surface area contributed by atoms with Gasteiger partial charge in [0.1, 0.15) is 17.3 Å². The van der Waals surface area contributed by atoms with Crippen LogP contribution in [0, 0.1) is 5.82 Å². The molecule has 3 aromatic rings. The van der Waals surface area contributed by atoms with Crippen molar-refractivity contribution in [3.05, 3.63) is 94.8 Å². The first-order valence-electron chi connectivity index (χ1n) is 11.3. The average molecular weight is 529 g/mol. The first kappa shape index (κ1) is 28.5. The highest BCUT2D eigenvalue weighted by Crippen LogP contribution is 2.35. The zero-order valence-corrected chi connectivity index (χ0v) is 20.2. The van der Waals surface area contributed by atoms with Crippen LogP contribution in [0.25, 0.3) is 0 Å². The van der Waals surface area contributed by atoms with Crippen molar-refractivity contribution in [2.75, 3.05) is 6.54 Å². The SMILES string of the molecule is CC(C)(C)c1cccc(Oc2cccc(C(NCC(O)C(F)(F)F)c3ccc(C(F)(F)F)cc3F)c2)c1. The minimum Gasteiger partial charge on any atom is -0.457 e. The first-order valence-corrected chi connectivity index (χ1v) is 11.3. The maximum atomic E-state index is 14.8. The van der Waals surface area contributed by atoms with Gasteiger partial charge in [-0.2, -0.15) is 26.3 Å². The van der Waals surface area contributed by atoms with Gasteiger partial charge in [-0.15, -0.1) is 0 Å². The third-order valence-electron chi connectivity index (χ3n) is 5.66. The van der Waals surface area contributed by atoms with Crippen molar-refractivity contribution in [2.24, 2.45) is 0 Å². The van der Waals surface area contributed by atoms with Gasteiger partial charge in [-0.3, -0.25) is 0 Å². The van der Waals surface area contributed by atoms with Crippen LogP contribution in [0.4, 0.5) is 30.7 Å². The monoisotopic (exact) mass is 529 g/mol. The fourth-order valence-electron chi connectivity index (χ4n) is 3.61. The standard InChI is InChI=1S/C27H26F7NO2/c1-25(2,3)17-7-5-9-20(13-17)37-19-8-4-6-16(12-19)24(35-15-23(36)27(32,33)34)21-11-10-18(14-22(21)28)26(29,30)31/h4-14,23-24,35-36H,15H2,1-3H3. The minimum absolute atomic E-state index is 0.157. The highest BCUT2D eigenvalue weighted by molar-refractivity contribution is 5.41. The number of aliphatic hydroxyl groups excluding tert-OH is 1. The molecule has 0 saturated carbocycles. The zero-order chi connectivity index (χ0) is 27.6. The van der Waals surface area contributed by atoms with E-state index in [1.165, 1.54) is 18.2 Å². The second kappa shape index (κ2) is 10.7. The summed E-state index contributed by atoms with van der Waals surface area (Å²) in [6, 6.07) is 13.8. The molecule has 10 heteroatoms. The van der Waals surface area contributed by atoms with Crippen molar-refractivity contribution in [3.63, 3.8) is 0 Å². The van der Waals surface area contributed by atoms with Crippen molar-refractivity contribution in [3.8, 4) is 11.5 Å². The molecule has 0 aliphatic carbocycles. The fourth-order valence-corrected chi connectivity index (χ4v) is 3.61. The van der Waals surface area contributed by atoms with Crippen molar-refractivity contribution < 1.29 is 40.6 Å². The number of benzene rings is 3. The summed E-state index contributed by atoms with van der Waals surface area (Å²) < 4.78 is 98.4. The molecule has 3 aromatic carbocycles. The summed E-state index contributed by atoms with van der Waals surface area (Å²) in [5.41, 5.74) is -0.505. The van der Waals surface area contributed by atoms with Gasteiger partial charge in [-0.25, -0.2) is 4.39 Å². The Morgan fingerprint density at radius 2 is 1.43 bits per heavy atom. The summed E-state index contributed by atoms with van der Waals surface area (Å²) in [6.07, 6.45) is -12.5. The van der Waals surface area contributed by atoms with Crippen LogP contribution in [0.5, 0.6) is 11.5 Å². The third kappa shape index (κ3) is 7.45. The van der Waals surface area contributed by atoms with Crippen molar-refractivity contribution in [2.45, 2.75) is 50.7 Å². The van der Waals surface area contributed by atoms with Crippen LogP contribution in [0.1, 0.15) is 49.1 Å². The predicted octanol–water partition coefficient (Wildman–Crippen LogP) is 7.54. The molecule has 3 nitrogen and oxygen atoms in total. The van der Waals surface area contributed by atoms with Gasteiger partial charge in [0, 0.05) is 12.1 Å². The van der Waals surface area contributed by atoms with Crippen LogP contribution in [-0.2, 0) is 11.6 Å². The van der Waals surface area contributed by atoms with E-state index in [1.807, 2.05) is 32.9 Å². The van der Waals surface area contributed by atoms with E-state index in [9.17, 15) is 35.8 Å². The highest BCUT2D eigenvalue weighted by atomic mass is 19.4. The lowest BCUT2D eigenvalue weighted by Gasteiger charge is -2.24. The number of aliphatic hydroxyl groups is 1. The lowest BCUT2D eigenvalue weighted by molar-refractivity contribution is -0.202. The number of nitrogens with one attached hydrogen (secondary N) is 1. The van der Waals surface area contributed by atoms with Crippen molar-refractivity contribution >= 4 is 0 Å². The van der Waals surface area contributed by atoms with Gasteiger partial charge in [-0.1, -0.05) is 51.1 Å². The Morgan fingerprint density at radius 3 is 2.00 bits per heavy atom. The maximum absolute atomic E-state index is 14.8. The van der Waals surface area contributed by atoms with E-state index < -0.39 is 42.4 Å². The third-order valence-corrected chi connectivity index (χ3v) is 5.66. The number of halogens is 7. The maximum Gasteiger partial charge on any atom is 0.416 e. The molecule has 0 heterocycles. The summed E-state index contributed by atoms with van der Waals surface area (Å²) in [5.74, 6) is -0.501. The first-order chi connectivity index (χ1) is 17.1. The molecule has 0 fully saturated rings. The Balaban J connectivity index is 1.97. The Hall–Kier alpha value is -3.11. The molecule has 0 aromatic heterocycles. The molecule has 2 atom stereocenters. The predicted molar refractivity (Wildman–Crippen MR) is 125 cm³/mol. The molecule has 2 unspecified atom stereocenters. The van der Waals surface area contributed by atoms with Gasteiger partial charge < -0.3 is 15.2 Å². The summed E-state index contributed by atoms with van der Waals surface area (Å²) >= 11 is 0. The molecule has 0 radical (unpaired) electrons. The molecular weight excluding hydrogens is 503 g/mol. The van der Waals surface area contributed by atoms with E-state index in [0.29, 0.717) is 11.8 Å². The Morgan fingerprint density at radius 1 is 0.811 bits per heavy atom. The number of alkyl halides is 6. The van der Waals surface area contributed by atoms with Gasteiger partial charge in [0.2, 0.25) is 0 Å². The second-order valence-corrected chi connectivity index (χ2v) is 9.59. The Bertz CT molecular complexity index is 1220. The van der Waals surface area contributed by atoms with E-state index in [0.717, 1.165) is 11.6 Å². The van der Waals surface area contributed by atoms with E-state index in [-0.39, 0.29) is 28.4 Å². The van der Waals surface area contributed by atoms with E-state index >= 15 is 0 Å². The number of hydrogen-bond donors (Lipinski definition) is 2. The normalized spacial score (nSPS) is 14.4. The molecule has 0 aliphatic heterocycles. The average Bonchev–Trinajstić information content (AvgIpc) is 2.78. The van der Waals surface area contributed by atoms with Crippen LogP contribution in [0.2, 0.25) is 0 Å². The Kier molecular flexibility index (Phi) is 8.24. The van der Waals surface area contributed by atoms with Gasteiger partial charge in [0.25, 0.3) is 0 Å². The van der Waals surface area contributed by atoms with Crippen LogP contribution < -0.4 is 10.1 Å². The number of ether oxygens (including phenoxy) is 1. The number of rotatable bonds is 7. The summed E-state index contributed by atoms with van der Waals surface area (Å²) in [6.45, 7) is 5.05. The fraction of sp³-hybridized carbons (Fsp3) is 0.333. The Labute approximate surface area is 209 Å². The molecule has 0 amide bonds. The zero-order valence-electron chi connectivity index (χ0n) is 20.2. The van der Waals surface area contributed by atoms with Gasteiger partial charge >= 0.3 is 12.4 Å². The summed E-state index contributed by atoms with van der Waals surface area (Å²) in [4.78, 5) is 0.